The first-order valence-electron chi connectivity index (χ1n) is 13.0. The zero-order valence-corrected chi connectivity index (χ0v) is 21.8. The molecule has 7 nitrogen and oxygen atoms in total. The van der Waals surface area contributed by atoms with Crippen LogP contribution in [0.2, 0.25) is 0 Å². The summed E-state index contributed by atoms with van der Waals surface area (Å²) >= 11 is 0. The van der Waals surface area contributed by atoms with Gasteiger partial charge in [0.1, 0.15) is 12.1 Å². The van der Waals surface area contributed by atoms with E-state index in [0.717, 1.165) is 24.8 Å². The molecule has 0 bridgehead atoms. The van der Waals surface area contributed by atoms with Gasteiger partial charge >= 0.3 is 5.97 Å². The third-order valence-corrected chi connectivity index (χ3v) is 6.61. The van der Waals surface area contributed by atoms with Gasteiger partial charge in [-0.15, -0.1) is 0 Å². The highest BCUT2D eigenvalue weighted by molar-refractivity contribution is 5.94. The molecule has 1 heterocycles. The second-order valence-corrected chi connectivity index (χ2v) is 10.3. The molecular formula is C28H42N2O5. The van der Waals surface area contributed by atoms with Crippen LogP contribution >= 0.6 is 0 Å². The lowest BCUT2D eigenvalue weighted by molar-refractivity contribution is -0.160. The van der Waals surface area contributed by atoms with Crippen LogP contribution < -0.4 is 10.6 Å². The fraction of sp³-hybridized carbons (Fsp3) is 0.643. The SMILES string of the molecule is CCCC[C@H](C)[C@@H]1CC(=O)N[C@@H](Cc2ccccc2)C(=O)N[C@@H](C)C(=O)C[C@H](CC(C)C)C(=O)O1. The number of benzene rings is 1. The van der Waals surface area contributed by atoms with Crippen molar-refractivity contribution in [3.05, 3.63) is 35.9 Å². The van der Waals surface area contributed by atoms with Crippen molar-refractivity contribution in [1.29, 1.82) is 0 Å². The van der Waals surface area contributed by atoms with Crippen molar-refractivity contribution in [2.24, 2.45) is 17.8 Å². The molecule has 2 amide bonds. The topological polar surface area (TPSA) is 102 Å². The molecule has 2 N–H and O–H groups in total. The normalized spacial score (nSPS) is 25.5. The summed E-state index contributed by atoms with van der Waals surface area (Å²) in [5.41, 5.74) is 0.896. The van der Waals surface area contributed by atoms with Crippen molar-refractivity contribution >= 4 is 23.6 Å². The summed E-state index contributed by atoms with van der Waals surface area (Å²) in [6.07, 6.45) is 2.94. The number of ketones is 1. The van der Waals surface area contributed by atoms with Gasteiger partial charge in [-0.2, -0.15) is 0 Å². The molecule has 2 rings (SSSR count). The second-order valence-electron chi connectivity index (χ2n) is 10.3. The van der Waals surface area contributed by atoms with Gasteiger partial charge in [-0.3, -0.25) is 19.2 Å². The summed E-state index contributed by atoms with van der Waals surface area (Å²) in [6, 6.07) is 7.81. The van der Waals surface area contributed by atoms with E-state index in [-0.39, 0.29) is 36.4 Å². The molecule has 0 unspecified atom stereocenters. The van der Waals surface area contributed by atoms with Gasteiger partial charge in [-0.05, 0) is 37.2 Å². The van der Waals surface area contributed by atoms with E-state index < -0.39 is 36.0 Å². The van der Waals surface area contributed by atoms with Crippen molar-refractivity contribution in [3.8, 4) is 0 Å². The molecule has 1 aliphatic rings. The van der Waals surface area contributed by atoms with Crippen LogP contribution in [0.4, 0.5) is 0 Å². The molecule has 35 heavy (non-hydrogen) atoms. The standard InChI is InChI=1S/C28H42N2O5/c1-6-7-11-19(4)25-17-26(32)30-23(15-21-12-9-8-10-13-21)27(33)29-20(5)24(31)16-22(14-18(2)3)28(34)35-25/h8-10,12-13,18-20,22-23,25H,6-7,11,14-17H2,1-5H3,(H,29,33)(H,30,32)/t19-,20-,22-,23-,25-/m0/s1. The Morgan fingerprint density at radius 1 is 1.00 bits per heavy atom. The maximum absolute atomic E-state index is 13.2. The number of esters is 1. The van der Waals surface area contributed by atoms with E-state index in [1.807, 2.05) is 51.1 Å². The van der Waals surface area contributed by atoms with Crippen LogP contribution in [0.15, 0.2) is 30.3 Å². The van der Waals surface area contributed by atoms with Crippen molar-refractivity contribution in [3.63, 3.8) is 0 Å². The number of hydrogen-bond acceptors (Lipinski definition) is 5. The first-order valence-corrected chi connectivity index (χ1v) is 13.0. The molecule has 0 aromatic heterocycles. The van der Waals surface area contributed by atoms with Crippen LogP contribution in [0.25, 0.3) is 0 Å². The van der Waals surface area contributed by atoms with E-state index in [4.69, 9.17) is 4.74 Å². The van der Waals surface area contributed by atoms with E-state index >= 15 is 0 Å². The summed E-state index contributed by atoms with van der Waals surface area (Å²) in [5, 5.41) is 5.59. The van der Waals surface area contributed by atoms with Crippen LogP contribution in [0, 0.1) is 17.8 Å². The summed E-state index contributed by atoms with van der Waals surface area (Å²) < 4.78 is 5.91. The number of carbonyl (C=O) groups excluding carboxylic acids is 4. The van der Waals surface area contributed by atoms with Crippen LogP contribution in [0.3, 0.4) is 0 Å². The first kappa shape index (κ1) is 28.5. The number of carbonyl (C=O) groups is 4. The Hall–Kier alpha value is -2.70. The number of Topliss-reactive ketones (excluding diaryl/α,β-unsaturated/α-hetero) is 1. The molecule has 1 fully saturated rings. The lowest BCUT2D eigenvalue weighted by Gasteiger charge is -2.27. The number of rotatable bonds is 8. The second kappa shape index (κ2) is 14.0. The molecule has 0 saturated carbocycles. The van der Waals surface area contributed by atoms with Crippen molar-refractivity contribution in [2.75, 3.05) is 0 Å². The number of nitrogens with one attached hydrogen (secondary N) is 2. The zero-order chi connectivity index (χ0) is 26.0. The number of hydrogen-bond donors (Lipinski definition) is 2. The molecule has 0 spiro atoms. The highest BCUT2D eigenvalue weighted by Gasteiger charge is 2.34. The zero-order valence-electron chi connectivity index (χ0n) is 21.8. The Morgan fingerprint density at radius 2 is 1.69 bits per heavy atom. The Bertz CT molecular complexity index is 854. The van der Waals surface area contributed by atoms with Gasteiger partial charge in [0.2, 0.25) is 11.8 Å². The number of unbranched alkanes of at least 4 members (excludes halogenated alkanes) is 1. The van der Waals surface area contributed by atoms with Gasteiger partial charge in [0.15, 0.2) is 5.78 Å². The number of cyclic esters (lactones) is 1. The lowest BCUT2D eigenvalue weighted by atomic mass is 9.90. The van der Waals surface area contributed by atoms with Crippen molar-refractivity contribution < 1.29 is 23.9 Å². The van der Waals surface area contributed by atoms with Gasteiger partial charge in [-0.1, -0.05) is 70.9 Å². The minimum absolute atomic E-state index is 0.000746. The van der Waals surface area contributed by atoms with E-state index in [1.165, 1.54) is 0 Å². The Balaban J connectivity index is 2.35. The van der Waals surface area contributed by atoms with E-state index in [1.54, 1.807) is 6.92 Å². The first-order chi connectivity index (χ1) is 16.6. The fourth-order valence-electron chi connectivity index (χ4n) is 4.46. The average Bonchev–Trinajstić information content (AvgIpc) is 2.81. The average molecular weight is 487 g/mol. The summed E-state index contributed by atoms with van der Waals surface area (Å²) in [7, 11) is 0. The van der Waals surface area contributed by atoms with Gasteiger partial charge in [0, 0.05) is 12.8 Å². The Morgan fingerprint density at radius 3 is 2.31 bits per heavy atom. The molecule has 0 radical (unpaired) electrons. The lowest BCUT2D eigenvalue weighted by Crippen LogP contribution is -2.52. The molecule has 7 heteroatoms. The van der Waals surface area contributed by atoms with E-state index in [2.05, 4.69) is 17.6 Å². The maximum Gasteiger partial charge on any atom is 0.309 e. The molecular weight excluding hydrogens is 444 g/mol. The van der Waals surface area contributed by atoms with E-state index in [9.17, 15) is 19.2 Å². The van der Waals surface area contributed by atoms with Crippen LogP contribution in [0.1, 0.15) is 78.7 Å². The number of ether oxygens (including phenoxy) is 1. The molecule has 1 saturated heterocycles. The fourth-order valence-corrected chi connectivity index (χ4v) is 4.46. The third kappa shape index (κ3) is 9.46. The van der Waals surface area contributed by atoms with Crippen molar-refractivity contribution in [2.45, 2.75) is 97.8 Å². The van der Waals surface area contributed by atoms with Gasteiger partial charge in [-0.25, -0.2) is 0 Å². The highest BCUT2D eigenvalue weighted by atomic mass is 16.5. The van der Waals surface area contributed by atoms with Crippen LogP contribution in [0.5, 0.6) is 0 Å². The minimum Gasteiger partial charge on any atom is -0.461 e. The van der Waals surface area contributed by atoms with Crippen LogP contribution in [-0.4, -0.2) is 41.8 Å². The van der Waals surface area contributed by atoms with Gasteiger partial charge in [0.05, 0.1) is 18.4 Å². The smallest absolute Gasteiger partial charge is 0.309 e. The molecule has 1 aromatic carbocycles. The predicted octanol–water partition coefficient (Wildman–Crippen LogP) is 3.98. The van der Waals surface area contributed by atoms with E-state index in [0.29, 0.717) is 12.8 Å². The summed E-state index contributed by atoms with van der Waals surface area (Å²) in [5.74, 6) is -1.86. The van der Waals surface area contributed by atoms with Crippen LogP contribution in [-0.2, 0) is 30.3 Å². The minimum atomic E-state index is -0.838. The molecule has 0 aliphatic carbocycles. The Labute approximate surface area is 209 Å². The third-order valence-electron chi connectivity index (χ3n) is 6.61. The van der Waals surface area contributed by atoms with Gasteiger partial charge < -0.3 is 15.4 Å². The Kier molecular flexibility index (Phi) is 11.4. The molecule has 1 aliphatic heterocycles. The van der Waals surface area contributed by atoms with Gasteiger partial charge in [0.25, 0.3) is 0 Å². The summed E-state index contributed by atoms with van der Waals surface area (Å²) in [4.78, 5) is 52.4. The van der Waals surface area contributed by atoms with Crippen molar-refractivity contribution in [1.82, 2.24) is 10.6 Å². The molecule has 194 valence electrons. The highest BCUT2D eigenvalue weighted by Crippen LogP contribution is 2.24. The predicted molar refractivity (Wildman–Crippen MR) is 135 cm³/mol. The summed E-state index contributed by atoms with van der Waals surface area (Å²) in [6.45, 7) is 9.68. The monoisotopic (exact) mass is 486 g/mol. The largest absolute Gasteiger partial charge is 0.461 e. The number of amides is 2. The molecule has 5 atom stereocenters. The maximum atomic E-state index is 13.2. The quantitative estimate of drug-likeness (QED) is 0.541. The molecule has 1 aromatic rings.